The number of hydrogen-bond acceptors (Lipinski definition) is 3. The van der Waals surface area contributed by atoms with E-state index < -0.39 is 0 Å². The Bertz CT molecular complexity index is 807. The summed E-state index contributed by atoms with van der Waals surface area (Å²) in [6, 6.07) is 19.9. The zero-order valence-electron chi connectivity index (χ0n) is 10.4. The highest BCUT2D eigenvalue weighted by molar-refractivity contribution is 9.10. The van der Waals surface area contributed by atoms with Gasteiger partial charge in [-0.2, -0.15) is 5.26 Å². The first-order valence-corrected chi connectivity index (χ1v) is 7.60. The van der Waals surface area contributed by atoms with Crippen LogP contribution in [0.4, 0.5) is 0 Å². The van der Waals surface area contributed by atoms with Gasteiger partial charge in [0.1, 0.15) is 11.1 Å². The fraction of sp³-hybridized carbons (Fsp3) is 0. The number of halogens is 1. The summed E-state index contributed by atoms with van der Waals surface area (Å²) in [5.41, 5.74) is 1.52. The summed E-state index contributed by atoms with van der Waals surface area (Å²) in [7, 11) is 0. The van der Waals surface area contributed by atoms with Crippen molar-refractivity contribution in [3.8, 4) is 6.07 Å². The quantitative estimate of drug-likeness (QED) is 0.657. The van der Waals surface area contributed by atoms with Crippen LogP contribution in [0.1, 0.15) is 5.56 Å². The number of benzene rings is 2. The van der Waals surface area contributed by atoms with E-state index in [1.165, 1.54) is 11.8 Å². The molecule has 2 nitrogen and oxygen atoms in total. The maximum atomic E-state index is 9.29. The van der Waals surface area contributed by atoms with E-state index >= 15 is 0 Å². The third-order valence-corrected chi connectivity index (χ3v) is 4.38. The van der Waals surface area contributed by atoms with E-state index in [9.17, 15) is 5.26 Å². The molecule has 0 amide bonds. The third kappa shape index (κ3) is 2.69. The molecule has 0 N–H and O–H groups in total. The van der Waals surface area contributed by atoms with Gasteiger partial charge >= 0.3 is 0 Å². The number of hydrogen-bond donors (Lipinski definition) is 0. The molecule has 0 fully saturated rings. The van der Waals surface area contributed by atoms with Gasteiger partial charge < -0.3 is 0 Å². The average molecular weight is 341 g/mol. The molecule has 96 valence electrons. The van der Waals surface area contributed by atoms with Crippen LogP contribution in [0, 0.1) is 11.3 Å². The maximum absolute atomic E-state index is 9.29. The summed E-state index contributed by atoms with van der Waals surface area (Å²) in [5, 5.41) is 11.0. The molecule has 0 saturated heterocycles. The van der Waals surface area contributed by atoms with Crippen LogP contribution in [0.15, 0.2) is 69.0 Å². The van der Waals surface area contributed by atoms with Crippen LogP contribution < -0.4 is 0 Å². The standard InChI is InChI=1S/C16H9BrN2S/c17-13-5-7-14(8-6-13)20-16-12(10-18)9-11-3-1-2-4-15(11)19-16/h1-9H. The van der Waals surface area contributed by atoms with Crippen molar-refractivity contribution in [3.05, 3.63) is 64.6 Å². The summed E-state index contributed by atoms with van der Waals surface area (Å²) < 4.78 is 1.04. The predicted octanol–water partition coefficient (Wildman–Crippen LogP) is 5.02. The topological polar surface area (TPSA) is 36.7 Å². The lowest BCUT2D eigenvalue weighted by Crippen LogP contribution is -1.88. The normalized spacial score (nSPS) is 10.4. The van der Waals surface area contributed by atoms with Crippen LogP contribution in [-0.2, 0) is 0 Å². The fourth-order valence-electron chi connectivity index (χ4n) is 1.87. The van der Waals surface area contributed by atoms with Gasteiger partial charge in [-0.15, -0.1) is 0 Å². The van der Waals surface area contributed by atoms with E-state index in [1.807, 2.05) is 54.6 Å². The fourth-order valence-corrected chi connectivity index (χ4v) is 2.99. The average Bonchev–Trinajstić information content (AvgIpc) is 2.49. The largest absolute Gasteiger partial charge is 0.240 e. The zero-order chi connectivity index (χ0) is 13.9. The first-order valence-electron chi connectivity index (χ1n) is 5.99. The number of rotatable bonds is 2. The molecule has 0 saturated carbocycles. The lowest BCUT2D eigenvalue weighted by atomic mass is 10.2. The molecule has 0 radical (unpaired) electrons. The Balaban J connectivity index is 2.06. The van der Waals surface area contributed by atoms with Gasteiger partial charge in [0, 0.05) is 14.8 Å². The van der Waals surface area contributed by atoms with E-state index in [0.29, 0.717) is 5.56 Å². The van der Waals surface area contributed by atoms with Gasteiger partial charge in [-0.1, -0.05) is 45.9 Å². The molecule has 0 spiro atoms. The molecule has 1 heterocycles. The van der Waals surface area contributed by atoms with Crippen LogP contribution in [0.2, 0.25) is 0 Å². The van der Waals surface area contributed by atoms with Gasteiger partial charge in [0.25, 0.3) is 0 Å². The molecular formula is C16H9BrN2S. The Labute approximate surface area is 129 Å². The predicted molar refractivity (Wildman–Crippen MR) is 84.7 cm³/mol. The lowest BCUT2D eigenvalue weighted by Gasteiger charge is -2.05. The minimum absolute atomic E-state index is 0.608. The number of nitriles is 1. The molecule has 0 aliphatic rings. The smallest absolute Gasteiger partial charge is 0.119 e. The van der Waals surface area contributed by atoms with Crippen molar-refractivity contribution in [1.82, 2.24) is 4.98 Å². The molecule has 2 aromatic carbocycles. The molecule has 3 rings (SSSR count). The van der Waals surface area contributed by atoms with Crippen molar-refractivity contribution in [3.63, 3.8) is 0 Å². The van der Waals surface area contributed by atoms with E-state index in [0.717, 1.165) is 25.3 Å². The van der Waals surface area contributed by atoms with Crippen LogP contribution in [0.5, 0.6) is 0 Å². The van der Waals surface area contributed by atoms with Crippen molar-refractivity contribution in [2.45, 2.75) is 9.92 Å². The van der Waals surface area contributed by atoms with Crippen molar-refractivity contribution in [2.75, 3.05) is 0 Å². The maximum Gasteiger partial charge on any atom is 0.119 e. The van der Waals surface area contributed by atoms with E-state index in [-0.39, 0.29) is 0 Å². The number of para-hydroxylation sites is 1. The second kappa shape index (κ2) is 5.66. The minimum atomic E-state index is 0.608. The van der Waals surface area contributed by atoms with Gasteiger partial charge in [-0.05, 0) is 36.4 Å². The van der Waals surface area contributed by atoms with Crippen LogP contribution >= 0.6 is 27.7 Å². The minimum Gasteiger partial charge on any atom is -0.240 e. The number of aromatic nitrogens is 1. The van der Waals surface area contributed by atoms with E-state index in [4.69, 9.17) is 0 Å². The zero-order valence-corrected chi connectivity index (χ0v) is 12.8. The van der Waals surface area contributed by atoms with Crippen molar-refractivity contribution in [2.24, 2.45) is 0 Å². The molecule has 0 unspecified atom stereocenters. The van der Waals surface area contributed by atoms with Gasteiger partial charge in [0.2, 0.25) is 0 Å². The van der Waals surface area contributed by atoms with Crippen molar-refractivity contribution in [1.29, 1.82) is 5.26 Å². The van der Waals surface area contributed by atoms with Gasteiger partial charge in [0.15, 0.2) is 0 Å². The summed E-state index contributed by atoms with van der Waals surface area (Å²) >= 11 is 4.92. The molecule has 3 aromatic rings. The van der Waals surface area contributed by atoms with E-state index in [1.54, 1.807) is 0 Å². The number of nitrogens with zero attached hydrogens (tertiary/aromatic N) is 2. The Morgan fingerprint density at radius 2 is 1.80 bits per heavy atom. The van der Waals surface area contributed by atoms with Crippen molar-refractivity contribution >= 4 is 38.6 Å². The molecule has 0 bridgehead atoms. The van der Waals surface area contributed by atoms with Crippen molar-refractivity contribution < 1.29 is 0 Å². The van der Waals surface area contributed by atoms with E-state index in [2.05, 4.69) is 27.0 Å². The number of fused-ring (bicyclic) bond motifs is 1. The lowest BCUT2D eigenvalue weighted by molar-refractivity contribution is 1.16. The Morgan fingerprint density at radius 3 is 2.55 bits per heavy atom. The first kappa shape index (κ1) is 13.2. The molecule has 0 aliphatic carbocycles. The first-order chi connectivity index (χ1) is 9.76. The Morgan fingerprint density at radius 1 is 1.05 bits per heavy atom. The number of pyridine rings is 1. The van der Waals surface area contributed by atoms with Gasteiger partial charge in [-0.25, -0.2) is 4.98 Å². The molecule has 0 aliphatic heterocycles. The summed E-state index contributed by atoms with van der Waals surface area (Å²) in [5.74, 6) is 0. The summed E-state index contributed by atoms with van der Waals surface area (Å²) in [6.07, 6.45) is 0. The second-order valence-corrected chi connectivity index (χ2v) is 6.18. The SMILES string of the molecule is N#Cc1cc2ccccc2nc1Sc1ccc(Br)cc1. The molecule has 0 atom stereocenters. The molecule has 20 heavy (non-hydrogen) atoms. The molecular weight excluding hydrogens is 332 g/mol. The highest BCUT2D eigenvalue weighted by atomic mass is 79.9. The Hall–Kier alpha value is -1.83. The van der Waals surface area contributed by atoms with Gasteiger partial charge in [-0.3, -0.25) is 0 Å². The monoisotopic (exact) mass is 340 g/mol. The Kier molecular flexibility index (Phi) is 3.72. The third-order valence-electron chi connectivity index (χ3n) is 2.84. The van der Waals surface area contributed by atoms with Gasteiger partial charge in [0.05, 0.1) is 11.1 Å². The highest BCUT2D eigenvalue weighted by Crippen LogP contribution is 2.31. The van der Waals surface area contributed by atoms with Crippen LogP contribution in [0.25, 0.3) is 10.9 Å². The molecule has 4 heteroatoms. The molecule has 1 aromatic heterocycles. The highest BCUT2D eigenvalue weighted by Gasteiger charge is 2.08. The summed E-state index contributed by atoms with van der Waals surface area (Å²) in [4.78, 5) is 5.65. The second-order valence-electron chi connectivity index (χ2n) is 4.20. The summed E-state index contributed by atoms with van der Waals surface area (Å²) in [6.45, 7) is 0. The van der Waals surface area contributed by atoms with Crippen LogP contribution in [0.3, 0.4) is 0 Å². The van der Waals surface area contributed by atoms with Crippen LogP contribution in [-0.4, -0.2) is 4.98 Å².